The predicted molar refractivity (Wildman–Crippen MR) is 91.0 cm³/mol. The van der Waals surface area contributed by atoms with E-state index in [1.165, 1.54) is 23.9 Å². The number of benzene rings is 1. The van der Waals surface area contributed by atoms with Crippen molar-refractivity contribution in [1.29, 1.82) is 0 Å². The SMILES string of the molecule is CC(C)(C)c1nnc(SCCOc2ccc(C(=O)O)cc2)[nH]c1=O. The molecule has 0 unspecified atom stereocenters. The highest BCUT2D eigenvalue weighted by Crippen LogP contribution is 2.17. The molecular formula is C16H19N3O4S. The van der Waals surface area contributed by atoms with E-state index in [2.05, 4.69) is 15.2 Å². The number of ether oxygens (including phenoxy) is 1. The number of aromatic nitrogens is 3. The topological polar surface area (TPSA) is 105 Å². The first kappa shape index (κ1) is 18.0. The summed E-state index contributed by atoms with van der Waals surface area (Å²) in [6.45, 7) is 6.11. The molecule has 2 rings (SSSR count). The third-order valence-corrected chi connectivity index (χ3v) is 3.91. The van der Waals surface area contributed by atoms with Crippen LogP contribution in [-0.2, 0) is 5.41 Å². The molecule has 24 heavy (non-hydrogen) atoms. The zero-order valence-corrected chi connectivity index (χ0v) is 14.5. The molecule has 2 N–H and O–H groups in total. The van der Waals surface area contributed by atoms with E-state index in [-0.39, 0.29) is 16.5 Å². The molecule has 1 aromatic heterocycles. The molecule has 0 spiro atoms. The zero-order valence-electron chi connectivity index (χ0n) is 13.7. The summed E-state index contributed by atoms with van der Waals surface area (Å²) in [6, 6.07) is 6.18. The predicted octanol–water partition coefficient (Wildman–Crippen LogP) is 2.33. The number of thioether (sulfide) groups is 1. The zero-order chi connectivity index (χ0) is 17.7. The number of H-pyrrole nitrogens is 1. The Morgan fingerprint density at radius 2 is 1.92 bits per heavy atom. The summed E-state index contributed by atoms with van der Waals surface area (Å²) >= 11 is 1.33. The lowest BCUT2D eigenvalue weighted by atomic mass is 9.93. The first-order chi connectivity index (χ1) is 11.3. The highest BCUT2D eigenvalue weighted by atomic mass is 32.2. The van der Waals surface area contributed by atoms with Gasteiger partial charge in [0, 0.05) is 11.2 Å². The van der Waals surface area contributed by atoms with Gasteiger partial charge in [-0.25, -0.2) is 4.79 Å². The Morgan fingerprint density at radius 3 is 2.46 bits per heavy atom. The standard InChI is InChI=1S/C16H19N3O4S/c1-16(2,3)12-13(20)17-15(19-18-12)24-9-8-23-11-6-4-10(5-7-11)14(21)22/h4-7H,8-9H2,1-3H3,(H,21,22)(H,17,19,20). The lowest BCUT2D eigenvalue weighted by Crippen LogP contribution is -2.27. The van der Waals surface area contributed by atoms with Gasteiger partial charge in [-0.15, -0.1) is 10.2 Å². The minimum Gasteiger partial charge on any atom is -0.493 e. The highest BCUT2D eigenvalue weighted by molar-refractivity contribution is 7.99. The molecular weight excluding hydrogens is 330 g/mol. The van der Waals surface area contributed by atoms with Gasteiger partial charge in [-0.05, 0) is 24.3 Å². The molecule has 8 heteroatoms. The van der Waals surface area contributed by atoms with Crippen molar-refractivity contribution in [2.24, 2.45) is 0 Å². The maximum atomic E-state index is 12.0. The molecule has 1 heterocycles. The van der Waals surface area contributed by atoms with Gasteiger partial charge in [0.1, 0.15) is 11.4 Å². The number of carboxylic acid groups (broad SMARTS) is 1. The number of hydrogen-bond acceptors (Lipinski definition) is 6. The van der Waals surface area contributed by atoms with Crippen LogP contribution in [0.5, 0.6) is 5.75 Å². The number of carboxylic acids is 1. The van der Waals surface area contributed by atoms with Crippen LogP contribution in [0.1, 0.15) is 36.8 Å². The van der Waals surface area contributed by atoms with Crippen molar-refractivity contribution in [2.75, 3.05) is 12.4 Å². The second-order valence-corrected chi connectivity index (χ2v) is 7.17. The molecule has 0 aliphatic rings. The van der Waals surface area contributed by atoms with Crippen LogP contribution in [0.3, 0.4) is 0 Å². The Hall–Kier alpha value is -2.35. The number of nitrogens with one attached hydrogen (secondary N) is 1. The van der Waals surface area contributed by atoms with Gasteiger partial charge in [0.05, 0.1) is 12.2 Å². The number of carbonyl (C=O) groups is 1. The first-order valence-electron chi connectivity index (χ1n) is 7.34. The van der Waals surface area contributed by atoms with E-state index < -0.39 is 5.97 Å². The van der Waals surface area contributed by atoms with Crippen molar-refractivity contribution >= 4 is 17.7 Å². The van der Waals surface area contributed by atoms with Gasteiger partial charge in [0.2, 0.25) is 0 Å². The summed E-state index contributed by atoms with van der Waals surface area (Å²) in [7, 11) is 0. The number of hydrogen-bond donors (Lipinski definition) is 2. The third-order valence-electron chi connectivity index (χ3n) is 3.08. The van der Waals surface area contributed by atoms with Crippen LogP contribution in [-0.4, -0.2) is 38.6 Å². The normalized spacial score (nSPS) is 11.3. The van der Waals surface area contributed by atoms with Crippen LogP contribution in [0, 0.1) is 0 Å². The lowest BCUT2D eigenvalue weighted by Gasteiger charge is -2.15. The summed E-state index contributed by atoms with van der Waals surface area (Å²) in [6.07, 6.45) is 0. The monoisotopic (exact) mass is 349 g/mol. The highest BCUT2D eigenvalue weighted by Gasteiger charge is 2.20. The summed E-state index contributed by atoms with van der Waals surface area (Å²) in [4.78, 5) is 25.4. The molecule has 0 amide bonds. The van der Waals surface area contributed by atoms with Gasteiger partial charge in [-0.3, -0.25) is 9.78 Å². The van der Waals surface area contributed by atoms with Crippen LogP contribution in [0.25, 0.3) is 0 Å². The fraction of sp³-hybridized carbons (Fsp3) is 0.375. The van der Waals surface area contributed by atoms with Crippen LogP contribution in [0.4, 0.5) is 0 Å². The van der Waals surface area contributed by atoms with Gasteiger partial charge < -0.3 is 9.84 Å². The van der Waals surface area contributed by atoms with Crippen molar-refractivity contribution in [3.63, 3.8) is 0 Å². The fourth-order valence-electron chi connectivity index (χ4n) is 1.87. The summed E-state index contributed by atoms with van der Waals surface area (Å²) in [5.74, 6) is 0.182. The summed E-state index contributed by atoms with van der Waals surface area (Å²) in [5, 5.41) is 17.3. The average Bonchev–Trinajstić information content (AvgIpc) is 2.51. The third kappa shape index (κ3) is 4.82. The second kappa shape index (κ2) is 7.48. The van der Waals surface area contributed by atoms with Crippen molar-refractivity contribution < 1.29 is 14.6 Å². The average molecular weight is 349 g/mol. The maximum Gasteiger partial charge on any atom is 0.335 e. The molecule has 0 atom stereocenters. The number of aromatic carboxylic acids is 1. The minimum absolute atomic E-state index is 0.212. The van der Waals surface area contributed by atoms with Crippen molar-refractivity contribution in [3.8, 4) is 5.75 Å². The summed E-state index contributed by atoms with van der Waals surface area (Å²) in [5.41, 5.74) is 0.0324. The Balaban J connectivity index is 1.85. The maximum absolute atomic E-state index is 12.0. The van der Waals surface area contributed by atoms with Crippen molar-refractivity contribution in [2.45, 2.75) is 31.3 Å². The van der Waals surface area contributed by atoms with E-state index in [0.717, 1.165) is 0 Å². The molecule has 128 valence electrons. The lowest BCUT2D eigenvalue weighted by molar-refractivity contribution is 0.0697. The van der Waals surface area contributed by atoms with Gasteiger partial charge >= 0.3 is 5.97 Å². The van der Waals surface area contributed by atoms with Crippen LogP contribution >= 0.6 is 11.8 Å². The Kier molecular flexibility index (Phi) is 5.61. The molecule has 0 aliphatic carbocycles. The van der Waals surface area contributed by atoms with E-state index in [1.807, 2.05) is 20.8 Å². The number of rotatable bonds is 6. The Bertz CT molecular complexity index is 766. The molecule has 0 bridgehead atoms. The fourth-order valence-corrected chi connectivity index (χ4v) is 2.49. The quantitative estimate of drug-likeness (QED) is 0.609. The number of nitrogens with zero attached hydrogens (tertiary/aromatic N) is 2. The molecule has 7 nitrogen and oxygen atoms in total. The van der Waals surface area contributed by atoms with Gasteiger partial charge in [0.15, 0.2) is 5.16 Å². The van der Waals surface area contributed by atoms with Gasteiger partial charge in [-0.1, -0.05) is 32.5 Å². The molecule has 2 aromatic rings. The molecule has 0 saturated heterocycles. The van der Waals surface area contributed by atoms with Crippen LogP contribution in [0.15, 0.2) is 34.2 Å². The molecule has 0 fully saturated rings. The van der Waals surface area contributed by atoms with E-state index >= 15 is 0 Å². The van der Waals surface area contributed by atoms with E-state index in [0.29, 0.717) is 29.0 Å². The second-order valence-electron chi connectivity index (χ2n) is 6.08. The van der Waals surface area contributed by atoms with Crippen molar-refractivity contribution in [1.82, 2.24) is 15.2 Å². The molecule has 0 aliphatic heterocycles. The number of aromatic amines is 1. The Morgan fingerprint density at radius 1 is 1.25 bits per heavy atom. The van der Waals surface area contributed by atoms with E-state index in [1.54, 1.807) is 12.1 Å². The van der Waals surface area contributed by atoms with Gasteiger partial charge in [-0.2, -0.15) is 0 Å². The molecule has 0 radical (unpaired) electrons. The van der Waals surface area contributed by atoms with Crippen LogP contribution in [0.2, 0.25) is 0 Å². The van der Waals surface area contributed by atoms with Crippen LogP contribution < -0.4 is 10.3 Å². The molecule has 0 saturated carbocycles. The van der Waals surface area contributed by atoms with E-state index in [4.69, 9.17) is 9.84 Å². The van der Waals surface area contributed by atoms with E-state index in [9.17, 15) is 9.59 Å². The molecule has 1 aromatic carbocycles. The minimum atomic E-state index is -0.974. The smallest absolute Gasteiger partial charge is 0.335 e. The van der Waals surface area contributed by atoms with Gasteiger partial charge in [0.25, 0.3) is 5.56 Å². The largest absolute Gasteiger partial charge is 0.493 e. The first-order valence-corrected chi connectivity index (χ1v) is 8.32. The summed E-state index contributed by atoms with van der Waals surface area (Å²) < 4.78 is 5.52. The van der Waals surface area contributed by atoms with Crippen molar-refractivity contribution in [3.05, 3.63) is 45.9 Å². The Labute approximate surface area is 143 Å².